The first-order valence-corrected chi connectivity index (χ1v) is 5.00. The van der Waals surface area contributed by atoms with Crippen molar-refractivity contribution in [3.05, 3.63) is 23.5 Å². The molecule has 1 unspecified atom stereocenters. The van der Waals surface area contributed by atoms with Gasteiger partial charge in [0.25, 0.3) is 0 Å². The van der Waals surface area contributed by atoms with E-state index in [1.807, 2.05) is 0 Å². The number of hydrogen-bond acceptors (Lipinski definition) is 4. The lowest BCUT2D eigenvalue weighted by atomic mass is 10.0. The van der Waals surface area contributed by atoms with Gasteiger partial charge in [0, 0.05) is 18.0 Å². The van der Waals surface area contributed by atoms with Gasteiger partial charge in [-0.25, -0.2) is 0 Å². The average Bonchev–Trinajstić information content (AvgIpc) is 2.29. The van der Waals surface area contributed by atoms with E-state index in [0.717, 1.165) is 0 Å². The molecule has 0 radical (unpaired) electrons. The molecule has 0 aliphatic rings. The maximum Gasteiger partial charge on any atom is 0.303 e. The van der Waals surface area contributed by atoms with Gasteiger partial charge in [0.05, 0.1) is 7.11 Å². The van der Waals surface area contributed by atoms with Gasteiger partial charge < -0.3 is 20.7 Å². The van der Waals surface area contributed by atoms with Gasteiger partial charge in [-0.1, -0.05) is 0 Å². The molecule has 1 aromatic rings. The maximum atomic E-state index is 13.5. The molecule has 0 bridgehead atoms. The number of aliphatic carboxylic acids is 1. The number of ether oxygens (including phenoxy) is 1. The fourth-order valence-corrected chi connectivity index (χ4v) is 1.45. The SMILES string of the molecule is COc1ccc(C(N)CCC(=O)O)c(O)c1F. The highest BCUT2D eigenvalue weighted by atomic mass is 19.1. The van der Waals surface area contributed by atoms with Gasteiger partial charge in [0.2, 0.25) is 5.82 Å². The fourth-order valence-electron chi connectivity index (χ4n) is 1.45. The number of methoxy groups -OCH3 is 1. The highest BCUT2D eigenvalue weighted by Crippen LogP contribution is 2.33. The minimum atomic E-state index is -0.992. The van der Waals surface area contributed by atoms with Crippen LogP contribution in [0, 0.1) is 5.82 Å². The molecule has 94 valence electrons. The van der Waals surface area contributed by atoms with Gasteiger partial charge >= 0.3 is 5.97 Å². The molecule has 0 spiro atoms. The van der Waals surface area contributed by atoms with Crippen LogP contribution in [0.4, 0.5) is 4.39 Å². The summed E-state index contributed by atoms with van der Waals surface area (Å²) in [7, 11) is 1.28. The van der Waals surface area contributed by atoms with E-state index in [1.54, 1.807) is 0 Å². The standard InChI is InChI=1S/C11H14FNO4/c1-17-8-4-2-6(11(16)10(8)12)7(13)3-5-9(14)15/h2,4,7,16H,3,5,13H2,1H3,(H,14,15). The van der Waals surface area contributed by atoms with Crippen LogP contribution in [-0.4, -0.2) is 23.3 Å². The minimum absolute atomic E-state index is 0.0864. The van der Waals surface area contributed by atoms with Crippen molar-refractivity contribution in [2.45, 2.75) is 18.9 Å². The Hall–Kier alpha value is -1.82. The predicted octanol–water partition coefficient (Wildman–Crippen LogP) is 1.40. The smallest absolute Gasteiger partial charge is 0.303 e. The summed E-state index contributed by atoms with van der Waals surface area (Å²) in [6.07, 6.45) is -0.0249. The summed E-state index contributed by atoms with van der Waals surface area (Å²) in [4.78, 5) is 10.4. The summed E-state index contributed by atoms with van der Waals surface area (Å²) in [5.74, 6) is -2.57. The van der Waals surface area contributed by atoms with Gasteiger partial charge in [-0.2, -0.15) is 4.39 Å². The summed E-state index contributed by atoms with van der Waals surface area (Å²) in [5.41, 5.74) is 5.84. The third kappa shape index (κ3) is 3.07. The Morgan fingerprint density at radius 3 is 2.76 bits per heavy atom. The third-order valence-corrected chi connectivity index (χ3v) is 2.40. The van der Waals surface area contributed by atoms with E-state index in [4.69, 9.17) is 10.8 Å². The highest BCUT2D eigenvalue weighted by molar-refractivity contribution is 5.66. The van der Waals surface area contributed by atoms with Crippen LogP contribution < -0.4 is 10.5 Å². The van der Waals surface area contributed by atoms with Crippen LogP contribution in [0.25, 0.3) is 0 Å². The monoisotopic (exact) mass is 243 g/mol. The molecule has 0 saturated carbocycles. The molecule has 0 fully saturated rings. The highest BCUT2D eigenvalue weighted by Gasteiger charge is 2.18. The number of benzene rings is 1. The topological polar surface area (TPSA) is 92.8 Å². The molecule has 4 N–H and O–H groups in total. The Balaban J connectivity index is 2.91. The van der Waals surface area contributed by atoms with Gasteiger partial charge in [0.1, 0.15) is 0 Å². The van der Waals surface area contributed by atoms with Crippen LogP contribution in [0.5, 0.6) is 11.5 Å². The van der Waals surface area contributed by atoms with Crippen LogP contribution in [-0.2, 0) is 4.79 Å². The third-order valence-electron chi connectivity index (χ3n) is 2.40. The quantitative estimate of drug-likeness (QED) is 0.727. The normalized spacial score (nSPS) is 12.2. The van der Waals surface area contributed by atoms with E-state index in [-0.39, 0.29) is 24.2 Å². The first-order chi connectivity index (χ1) is 7.97. The number of carboxylic acid groups (broad SMARTS) is 1. The van der Waals surface area contributed by atoms with Crippen LogP contribution in [0.1, 0.15) is 24.4 Å². The number of carboxylic acids is 1. The maximum absolute atomic E-state index is 13.5. The van der Waals surface area contributed by atoms with E-state index in [9.17, 15) is 14.3 Å². The zero-order chi connectivity index (χ0) is 13.0. The summed E-state index contributed by atoms with van der Waals surface area (Å²) in [6.45, 7) is 0. The average molecular weight is 243 g/mol. The summed E-state index contributed by atoms with van der Waals surface area (Å²) in [5, 5.41) is 18.1. The summed E-state index contributed by atoms with van der Waals surface area (Å²) < 4.78 is 18.2. The van der Waals surface area contributed by atoms with Crippen molar-refractivity contribution in [1.82, 2.24) is 0 Å². The lowest BCUT2D eigenvalue weighted by Crippen LogP contribution is -2.13. The van der Waals surface area contributed by atoms with Crippen LogP contribution >= 0.6 is 0 Å². The first-order valence-electron chi connectivity index (χ1n) is 5.00. The van der Waals surface area contributed by atoms with Gasteiger partial charge in [-0.15, -0.1) is 0 Å². The van der Waals surface area contributed by atoms with Crippen molar-refractivity contribution in [1.29, 1.82) is 0 Å². The Bertz CT molecular complexity index is 422. The number of halogens is 1. The summed E-state index contributed by atoms with van der Waals surface area (Å²) in [6, 6.07) is 2.03. The van der Waals surface area contributed by atoms with Crippen LogP contribution in [0.2, 0.25) is 0 Å². The minimum Gasteiger partial charge on any atom is -0.504 e. The molecule has 5 nitrogen and oxygen atoms in total. The van der Waals surface area contributed by atoms with E-state index in [0.29, 0.717) is 0 Å². The van der Waals surface area contributed by atoms with Crippen molar-refractivity contribution in [2.75, 3.05) is 7.11 Å². The van der Waals surface area contributed by atoms with Crippen molar-refractivity contribution < 1.29 is 24.1 Å². The number of hydrogen-bond donors (Lipinski definition) is 3. The molecule has 0 heterocycles. The Morgan fingerprint density at radius 2 is 2.24 bits per heavy atom. The molecule has 0 saturated heterocycles. The fraction of sp³-hybridized carbons (Fsp3) is 0.364. The van der Waals surface area contributed by atoms with Gasteiger partial charge in [-0.05, 0) is 18.6 Å². The van der Waals surface area contributed by atoms with Crippen LogP contribution in [0.3, 0.4) is 0 Å². The molecular formula is C11H14FNO4. The number of aromatic hydroxyl groups is 1. The number of phenols is 1. The molecule has 6 heteroatoms. The molecule has 0 aliphatic heterocycles. The second kappa shape index (κ2) is 5.49. The Labute approximate surface area is 97.6 Å². The molecule has 17 heavy (non-hydrogen) atoms. The number of nitrogens with two attached hydrogens (primary N) is 1. The molecule has 0 amide bonds. The van der Waals surface area contributed by atoms with Crippen molar-refractivity contribution in [3.63, 3.8) is 0 Å². The van der Waals surface area contributed by atoms with Gasteiger partial charge in [0.15, 0.2) is 11.5 Å². The lowest BCUT2D eigenvalue weighted by Gasteiger charge is -2.14. The largest absolute Gasteiger partial charge is 0.504 e. The van der Waals surface area contributed by atoms with E-state index < -0.39 is 23.6 Å². The second-order valence-electron chi connectivity index (χ2n) is 3.56. The first kappa shape index (κ1) is 13.2. The van der Waals surface area contributed by atoms with Gasteiger partial charge in [-0.3, -0.25) is 4.79 Å². The lowest BCUT2D eigenvalue weighted by molar-refractivity contribution is -0.137. The molecule has 1 atom stereocenters. The van der Waals surface area contributed by atoms with Crippen molar-refractivity contribution >= 4 is 5.97 Å². The Kier molecular flexibility index (Phi) is 4.28. The van der Waals surface area contributed by atoms with E-state index >= 15 is 0 Å². The Morgan fingerprint density at radius 1 is 1.59 bits per heavy atom. The molecule has 1 rings (SSSR count). The number of carbonyl (C=O) groups is 1. The van der Waals surface area contributed by atoms with Crippen molar-refractivity contribution in [3.8, 4) is 11.5 Å². The molecular weight excluding hydrogens is 229 g/mol. The molecule has 0 aromatic heterocycles. The van der Waals surface area contributed by atoms with Crippen molar-refractivity contribution in [2.24, 2.45) is 5.73 Å². The number of phenolic OH excluding ortho intramolecular Hbond substituents is 1. The van der Waals surface area contributed by atoms with E-state index in [2.05, 4.69) is 4.74 Å². The van der Waals surface area contributed by atoms with E-state index in [1.165, 1.54) is 19.2 Å². The molecule has 1 aromatic carbocycles. The van der Waals surface area contributed by atoms with Crippen LogP contribution in [0.15, 0.2) is 12.1 Å². The molecule has 0 aliphatic carbocycles. The number of rotatable bonds is 5. The zero-order valence-electron chi connectivity index (χ0n) is 9.31. The predicted molar refractivity (Wildman–Crippen MR) is 58.4 cm³/mol. The summed E-state index contributed by atoms with van der Waals surface area (Å²) >= 11 is 0. The second-order valence-corrected chi connectivity index (χ2v) is 3.56. The zero-order valence-corrected chi connectivity index (χ0v) is 9.31.